The minimum Gasteiger partial charge on any atom is -0.484 e. The van der Waals surface area contributed by atoms with Crippen molar-refractivity contribution in [2.75, 3.05) is 5.75 Å². The van der Waals surface area contributed by atoms with Gasteiger partial charge in [0, 0.05) is 17.7 Å². The molecule has 0 unspecified atom stereocenters. The second-order valence-corrected chi connectivity index (χ2v) is 8.61. The van der Waals surface area contributed by atoms with Crippen molar-refractivity contribution in [2.24, 2.45) is 0 Å². The van der Waals surface area contributed by atoms with Crippen molar-refractivity contribution in [3.8, 4) is 17.1 Å². The number of benzene rings is 2. The van der Waals surface area contributed by atoms with E-state index in [1.165, 1.54) is 23.9 Å². The lowest BCUT2D eigenvalue weighted by atomic mass is 10.1. The first kappa shape index (κ1) is 23.8. The maximum atomic E-state index is 12.9. The molecule has 0 saturated carbocycles. The van der Waals surface area contributed by atoms with Gasteiger partial charge in [-0.1, -0.05) is 41.2 Å². The molecular weight excluding hydrogens is 469 g/mol. The van der Waals surface area contributed by atoms with E-state index in [2.05, 4.69) is 20.3 Å². The van der Waals surface area contributed by atoms with Gasteiger partial charge in [0.25, 0.3) is 11.1 Å². The Balaban J connectivity index is 1.24. The summed E-state index contributed by atoms with van der Waals surface area (Å²) < 4.78 is 55.2. The number of halogens is 3. The highest BCUT2D eigenvalue weighted by Crippen LogP contribution is 2.31. The molecule has 0 N–H and O–H groups in total. The number of aryl methyl sites for hydroxylation is 3. The van der Waals surface area contributed by atoms with Gasteiger partial charge in [0.2, 0.25) is 11.7 Å². The number of hydrogen-bond acceptors (Lipinski definition) is 8. The minimum absolute atomic E-state index is 0.124. The van der Waals surface area contributed by atoms with Crippen LogP contribution in [-0.2, 0) is 19.2 Å². The third-order valence-corrected chi connectivity index (χ3v) is 5.72. The van der Waals surface area contributed by atoms with Gasteiger partial charge >= 0.3 is 6.18 Å². The SMILES string of the molecule is Cc1ccc(C)c(OCc2nnc(SCCCc3nc(-c4cccc(C(F)(F)F)c4)no3)o2)c1. The zero-order chi connectivity index (χ0) is 24.1. The van der Waals surface area contributed by atoms with Gasteiger partial charge in [0.05, 0.1) is 5.56 Å². The van der Waals surface area contributed by atoms with Gasteiger partial charge in [-0.25, -0.2) is 0 Å². The fourth-order valence-corrected chi connectivity index (χ4v) is 3.77. The maximum absolute atomic E-state index is 12.9. The van der Waals surface area contributed by atoms with E-state index < -0.39 is 11.7 Å². The highest BCUT2D eigenvalue weighted by molar-refractivity contribution is 7.99. The average molecular weight is 491 g/mol. The Kier molecular flexibility index (Phi) is 7.20. The molecule has 0 saturated heterocycles. The first-order valence-electron chi connectivity index (χ1n) is 10.4. The van der Waals surface area contributed by atoms with Crippen LogP contribution in [0.2, 0.25) is 0 Å². The summed E-state index contributed by atoms with van der Waals surface area (Å²) in [5.41, 5.74) is 1.62. The van der Waals surface area contributed by atoms with E-state index in [0.29, 0.717) is 35.6 Å². The Bertz CT molecular complexity index is 1260. The average Bonchev–Trinajstić information content (AvgIpc) is 3.46. The molecule has 4 rings (SSSR count). The van der Waals surface area contributed by atoms with Gasteiger partial charge in [-0.2, -0.15) is 18.2 Å². The van der Waals surface area contributed by atoms with Crippen molar-refractivity contribution in [3.63, 3.8) is 0 Å². The molecule has 0 fully saturated rings. The van der Waals surface area contributed by atoms with Gasteiger partial charge < -0.3 is 13.7 Å². The standard InChI is InChI=1S/C23H21F3N4O3S/c1-14-8-9-15(2)18(11-14)31-13-20-28-29-22(32-20)34-10-4-7-19-27-21(30-33-19)16-5-3-6-17(12-16)23(24,25)26/h3,5-6,8-9,11-12H,4,7,10,13H2,1-2H3. The fourth-order valence-electron chi connectivity index (χ4n) is 3.05. The van der Waals surface area contributed by atoms with Crippen LogP contribution in [0.1, 0.15) is 34.9 Å². The summed E-state index contributed by atoms with van der Waals surface area (Å²) in [4.78, 5) is 4.20. The number of nitrogens with zero attached hydrogens (tertiary/aromatic N) is 4. The molecule has 7 nitrogen and oxygen atoms in total. The Morgan fingerprint density at radius 1 is 1.03 bits per heavy atom. The van der Waals surface area contributed by atoms with Crippen LogP contribution in [0.3, 0.4) is 0 Å². The van der Waals surface area contributed by atoms with Gasteiger partial charge in [-0.05, 0) is 49.6 Å². The van der Waals surface area contributed by atoms with Gasteiger partial charge in [-0.3, -0.25) is 0 Å². The first-order chi connectivity index (χ1) is 16.3. The number of thioether (sulfide) groups is 1. The quantitative estimate of drug-likeness (QED) is 0.207. The molecule has 178 valence electrons. The topological polar surface area (TPSA) is 87.1 Å². The Hall–Kier alpha value is -3.34. The fraction of sp³-hybridized carbons (Fsp3) is 0.304. The van der Waals surface area contributed by atoms with Crippen molar-refractivity contribution in [1.82, 2.24) is 20.3 Å². The molecule has 0 aliphatic carbocycles. The van der Waals surface area contributed by atoms with Crippen LogP contribution in [0.5, 0.6) is 5.75 Å². The molecule has 0 atom stereocenters. The predicted molar refractivity (Wildman–Crippen MR) is 118 cm³/mol. The lowest BCUT2D eigenvalue weighted by Gasteiger charge is -2.07. The summed E-state index contributed by atoms with van der Waals surface area (Å²) in [6, 6.07) is 10.8. The minimum atomic E-state index is -4.43. The van der Waals surface area contributed by atoms with Crippen LogP contribution in [0.15, 0.2) is 56.6 Å². The number of hydrogen-bond donors (Lipinski definition) is 0. The Morgan fingerprint density at radius 3 is 2.71 bits per heavy atom. The summed E-state index contributed by atoms with van der Waals surface area (Å²) >= 11 is 1.38. The van der Waals surface area contributed by atoms with E-state index in [0.717, 1.165) is 29.0 Å². The number of aromatic nitrogens is 4. The molecule has 0 bridgehead atoms. The highest BCUT2D eigenvalue weighted by atomic mass is 32.2. The number of alkyl halides is 3. The second kappa shape index (κ2) is 10.3. The van der Waals surface area contributed by atoms with Gasteiger partial charge in [0.1, 0.15) is 5.75 Å². The molecule has 2 heterocycles. The van der Waals surface area contributed by atoms with Crippen LogP contribution >= 0.6 is 11.8 Å². The summed E-state index contributed by atoms with van der Waals surface area (Å²) in [5, 5.41) is 12.2. The second-order valence-electron chi connectivity index (χ2n) is 7.56. The molecule has 0 spiro atoms. The van der Waals surface area contributed by atoms with E-state index in [1.54, 1.807) is 0 Å². The van der Waals surface area contributed by atoms with Crippen molar-refractivity contribution >= 4 is 11.8 Å². The Labute approximate surface area is 197 Å². The normalized spacial score (nSPS) is 11.7. The monoisotopic (exact) mass is 490 g/mol. The summed E-state index contributed by atoms with van der Waals surface area (Å²) in [5.74, 6) is 2.28. The van der Waals surface area contributed by atoms with Crippen molar-refractivity contribution < 1.29 is 26.8 Å². The van der Waals surface area contributed by atoms with Crippen LogP contribution in [0.4, 0.5) is 13.2 Å². The lowest BCUT2D eigenvalue weighted by molar-refractivity contribution is -0.137. The predicted octanol–water partition coefficient (Wildman–Crippen LogP) is 6.06. The van der Waals surface area contributed by atoms with E-state index >= 15 is 0 Å². The van der Waals surface area contributed by atoms with E-state index in [9.17, 15) is 13.2 Å². The van der Waals surface area contributed by atoms with Gasteiger partial charge in [0.15, 0.2) is 6.61 Å². The molecule has 0 aliphatic heterocycles. The zero-order valence-corrected chi connectivity index (χ0v) is 19.2. The maximum Gasteiger partial charge on any atom is 0.416 e. The van der Waals surface area contributed by atoms with Gasteiger partial charge in [-0.15, -0.1) is 10.2 Å². The molecule has 2 aromatic carbocycles. The molecule has 0 aliphatic rings. The number of rotatable bonds is 9. The van der Waals surface area contributed by atoms with Crippen molar-refractivity contribution in [2.45, 2.75) is 44.7 Å². The molecule has 4 aromatic rings. The molecule has 11 heteroatoms. The molecule has 2 aromatic heterocycles. The summed E-state index contributed by atoms with van der Waals surface area (Å²) in [7, 11) is 0. The largest absolute Gasteiger partial charge is 0.484 e. The van der Waals surface area contributed by atoms with Crippen LogP contribution in [-0.4, -0.2) is 26.1 Å². The van der Waals surface area contributed by atoms with Crippen LogP contribution in [0, 0.1) is 13.8 Å². The first-order valence-corrected chi connectivity index (χ1v) is 11.4. The molecule has 0 amide bonds. The van der Waals surface area contributed by atoms with Crippen LogP contribution < -0.4 is 4.74 Å². The molecule has 0 radical (unpaired) electrons. The smallest absolute Gasteiger partial charge is 0.416 e. The van der Waals surface area contributed by atoms with Crippen molar-refractivity contribution in [3.05, 3.63) is 70.9 Å². The molecule has 34 heavy (non-hydrogen) atoms. The van der Waals surface area contributed by atoms with E-state index in [4.69, 9.17) is 13.7 Å². The summed E-state index contributed by atoms with van der Waals surface area (Å²) in [6.45, 7) is 4.14. The zero-order valence-electron chi connectivity index (χ0n) is 18.4. The van der Waals surface area contributed by atoms with Crippen LogP contribution in [0.25, 0.3) is 11.4 Å². The third kappa shape index (κ3) is 6.16. The Morgan fingerprint density at radius 2 is 1.88 bits per heavy atom. The molecular formula is C23H21F3N4O3S. The third-order valence-electron chi connectivity index (χ3n) is 4.82. The highest BCUT2D eigenvalue weighted by Gasteiger charge is 2.30. The lowest BCUT2D eigenvalue weighted by Crippen LogP contribution is -2.04. The van der Waals surface area contributed by atoms with E-state index in [-0.39, 0.29) is 18.0 Å². The summed E-state index contributed by atoms with van der Waals surface area (Å²) in [6.07, 6.45) is -3.29. The number of ether oxygens (including phenoxy) is 1. The van der Waals surface area contributed by atoms with E-state index in [1.807, 2.05) is 32.0 Å². The van der Waals surface area contributed by atoms with Crippen molar-refractivity contribution in [1.29, 1.82) is 0 Å².